The number of thiophene rings is 1. The van der Waals surface area contributed by atoms with Gasteiger partial charge in [0.15, 0.2) is 17.1 Å². The molecule has 0 spiro atoms. The van der Waals surface area contributed by atoms with E-state index >= 15 is 0 Å². The van der Waals surface area contributed by atoms with Crippen LogP contribution in [-0.4, -0.2) is 23.2 Å². The van der Waals surface area contributed by atoms with E-state index in [9.17, 15) is 4.79 Å². The van der Waals surface area contributed by atoms with E-state index in [0.29, 0.717) is 25.6 Å². The van der Waals surface area contributed by atoms with Crippen molar-refractivity contribution in [1.29, 1.82) is 0 Å². The Bertz CT molecular complexity index is 1120. The molecule has 1 N–H and O–H groups in total. The van der Waals surface area contributed by atoms with Crippen molar-refractivity contribution in [3.8, 4) is 17.2 Å². The molecule has 1 aromatic carbocycles. The molecule has 7 nitrogen and oxygen atoms in total. The molecule has 4 aromatic rings. The molecule has 0 aliphatic heterocycles. The summed E-state index contributed by atoms with van der Waals surface area (Å²) in [6.45, 7) is 0. The maximum Gasteiger partial charge on any atom is 0.322 e. The Morgan fingerprint density at radius 2 is 2.08 bits per heavy atom. The van der Waals surface area contributed by atoms with Gasteiger partial charge < -0.3 is 13.6 Å². The molecule has 3 aromatic heterocycles. The Labute approximate surface area is 160 Å². The van der Waals surface area contributed by atoms with Crippen LogP contribution in [0.2, 0.25) is 8.67 Å². The average Bonchev–Trinajstić information content (AvgIpc) is 3.32. The van der Waals surface area contributed by atoms with Gasteiger partial charge in [0, 0.05) is 5.39 Å². The molecular weight excluding hydrogens is 401 g/mol. The molecule has 10 heteroatoms. The molecule has 0 saturated heterocycles. The highest BCUT2D eigenvalue weighted by molar-refractivity contribution is 7.20. The Kier molecular flexibility index (Phi) is 4.31. The molecule has 26 heavy (non-hydrogen) atoms. The molecule has 0 unspecified atom stereocenters. The first-order chi connectivity index (χ1) is 12.5. The molecule has 0 fully saturated rings. The number of furan rings is 1. The van der Waals surface area contributed by atoms with Crippen LogP contribution in [0.3, 0.4) is 0 Å². The van der Waals surface area contributed by atoms with Crippen molar-refractivity contribution < 1.29 is 18.4 Å². The SMILES string of the molecule is COc1cccc2cc(C(=O)Nc3nnc(-c4cc(Cl)sc4Cl)o3)oc12. The van der Waals surface area contributed by atoms with Gasteiger partial charge in [-0.3, -0.25) is 10.1 Å². The molecule has 0 bridgehead atoms. The number of benzene rings is 1. The van der Waals surface area contributed by atoms with Gasteiger partial charge >= 0.3 is 6.01 Å². The summed E-state index contributed by atoms with van der Waals surface area (Å²) in [5, 5.41) is 10.9. The zero-order valence-electron chi connectivity index (χ0n) is 13.1. The first-order valence-corrected chi connectivity index (χ1v) is 8.79. The lowest BCUT2D eigenvalue weighted by Crippen LogP contribution is -2.10. The van der Waals surface area contributed by atoms with Gasteiger partial charge in [-0.2, -0.15) is 0 Å². The normalized spacial score (nSPS) is 11.0. The minimum absolute atomic E-state index is 0.0841. The van der Waals surface area contributed by atoms with Gasteiger partial charge in [0.05, 0.1) is 17.0 Å². The van der Waals surface area contributed by atoms with E-state index in [2.05, 4.69) is 15.5 Å². The number of methoxy groups -OCH3 is 1. The fourth-order valence-corrected chi connectivity index (χ4v) is 3.78. The number of para-hydroxylation sites is 1. The van der Waals surface area contributed by atoms with Crippen molar-refractivity contribution in [2.24, 2.45) is 0 Å². The molecule has 1 amide bonds. The summed E-state index contributed by atoms with van der Waals surface area (Å²) in [5.41, 5.74) is 0.981. The molecule has 4 rings (SSSR count). The van der Waals surface area contributed by atoms with Crippen LogP contribution >= 0.6 is 34.5 Å². The highest BCUT2D eigenvalue weighted by atomic mass is 35.5. The second-order valence-electron chi connectivity index (χ2n) is 5.09. The van der Waals surface area contributed by atoms with Gasteiger partial charge in [-0.25, -0.2) is 0 Å². The van der Waals surface area contributed by atoms with E-state index in [-0.39, 0.29) is 17.7 Å². The maximum absolute atomic E-state index is 12.4. The Morgan fingerprint density at radius 1 is 1.23 bits per heavy atom. The van der Waals surface area contributed by atoms with E-state index < -0.39 is 5.91 Å². The first kappa shape index (κ1) is 16.9. The van der Waals surface area contributed by atoms with Crippen LogP contribution in [-0.2, 0) is 0 Å². The lowest BCUT2D eigenvalue weighted by atomic mass is 10.2. The summed E-state index contributed by atoms with van der Waals surface area (Å²) >= 11 is 13.1. The van der Waals surface area contributed by atoms with Crippen molar-refractivity contribution in [1.82, 2.24) is 10.2 Å². The largest absolute Gasteiger partial charge is 0.493 e. The predicted molar refractivity (Wildman–Crippen MR) is 98.4 cm³/mol. The Hall–Kier alpha value is -2.55. The molecular formula is C16H9Cl2N3O4S. The fourth-order valence-electron chi connectivity index (χ4n) is 2.34. The quantitative estimate of drug-likeness (QED) is 0.503. The van der Waals surface area contributed by atoms with Crippen molar-refractivity contribution in [3.63, 3.8) is 0 Å². The summed E-state index contributed by atoms with van der Waals surface area (Å²) in [5.74, 6) is 0.235. The highest BCUT2D eigenvalue weighted by Crippen LogP contribution is 2.38. The van der Waals surface area contributed by atoms with E-state index in [0.717, 1.165) is 5.39 Å². The highest BCUT2D eigenvalue weighted by Gasteiger charge is 2.19. The number of ether oxygens (including phenoxy) is 1. The van der Waals surface area contributed by atoms with Gasteiger partial charge in [0.25, 0.3) is 11.8 Å². The lowest BCUT2D eigenvalue weighted by molar-refractivity contribution is 0.0995. The second kappa shape index (κ2) is 6.64. The van der Waals surface area contributed by atoms with Crippen molar-refractivity contribution in [2.45, 2.75) is 0 Å². The zero-order valence-corrected chi connectivity index (χ0v) is 15.4. The van der Waals surface area contributed by atoms with E-state index in [1.165, 1.54) is 18.4 Å². The van der Waals surface area contributed by atoms with Crippen LogP contribution in [0.5, 0.6) is 5.75 Å². The third-order valence-electron chi connectivity index (χ3n) is 3.48. The van der Waals surface area contributed by atoms with Crippen molar-refractivity contribution in [3.05, 3.63) is 44.8 Å². The lowest BCUT2D eigenvalue weighted by Gasteiger charge is -1.98. The standard InChI is InChI=1S/C16H9Cl2N3O4S/c1-23-9-4-2-3-7-5-10(24-12(7)9)14(22)19-16-21-20-15(25-16)8-6-11(17)26-13(8)18/h2-6H,1H3,(H,19,21,22). The number of hydrogen-bond donors (Lipinski definition) is 1. The summed E-state index contributed by atoms with van der Waals surface area (Å²) in [7, 11) is 1.53. The fraction of sp³-hybridized carbons (Fsp3) is 0.0625. The number of rotatable bonds is 4. The molecule has 3 heterocycles. The van der Waals surface area contributed by atoms with Gasteiger partial charge in [-0.15, -0.1) is 16.4 Å². The first-order valence-electron chi connectivity index (χ1n) is 7.22. The third kappa shape index (κ3) is 3.03. The number of amides is 1. The molecule has 0 atom stereocenters. The Morgan fingerprint density at radius 3 is 2.81 bits per heavy atom. The number of anilines is 1. The van der Waals surface area contributed by atoms with Gasteiger partial charge in [0.2, 0.25) is 0 Å². The van der Waals surface area contributed by atoms with Crippen molar-refractivity contribution >= 4 is 57.4 Å². The van der Waals surface area contributed by atoms with Gasteiger partial charge in [-0.1, -0.05) is 40.4 Å². The Balaban J connectivity index is 1.58. The minimum atomic E-state index is -0.534. The molecule has 0 saturated carbocycles. The topological polar surface area (TPSA) is 90.4 Å². The van der Waals surface area contributed by atoms with Gasteiger partial charge in [-0.05, 0) is 18.2 Å². The number of carbonyl (C=O) groups excluding carboxylic acids is 1. The second-order valence-corrected chi connectivity index (χ2v) is 7.38. The number of nitrogens with zero attached hydrogens (tertiary/aromatic N) is 2. The van der Waals surface area contributed by atoms with E-state index in [4.69, 9.17) is 36.8 Å². The van der Waals surface area contributed by atoms with Crippen LogP contribution < -0.4 is 10.1 Å². The number of hydrogen-bond acceptors (Lipinski definition) is 7. The van der Waals surface area contributed by atoms with Crippen LogP contribution in [0.15, 0.2) is 39.2 Å². The smallest absolute Gasteiger partial charge is 0.322 e. The average molecular weight is 410 g/mol. The summed E-state index contributed by atoms with van der Waals surface area (Å²) in [6.07, 6.45) is 0. The van der Waals surface area contributed by atoms with E-state index in [1.807, 2.05) is 6.07 Å². The van der Waals surface area contributed by atoms with Gasteiger partial charge in [0.1, 0.15) is 4.34 Å². The zero-order chi connectivity index (χ0) is 18.3. The summed E-state index contributed by atoms with van der Waals surface area (Å²) in [6, 6.07) is 8.48. The summed E-state index contributed by atoms with van der Waals surface area (Å²) in [4.78, 5) is 12.4. The molecule has 132 valence electrons. The third-order valence-corrected chi connectivity index (χ3v) is 4.97. The van der Waals surface area contributed by atoms with Crippen LogP contribution in [0.25, 0.3) is 22.4 Å². The number of carbonyl (C=O) groups is 1. The summed E-state index contributed by atoms with van der Waals surface area (Å²) < 4.78 is 17.1. The van der Waals surface area contributed by atoms with E-state index in [1.54, 1.807) is 24.3 Å². The number of halogens is 2. The number of aromatic nitrogens is 2. The molecule has 0 radical (unpaired) electrons. The number of fused-ring (bicyclic) bond motifs is 1. The van der Waals surface area contributed by atoms with Crippen LogP contribution in [0.1, 0.15) is 10.6 Å². The van der Waals surface area contributed by atoms with Crippen LogP contribution in [0.4, 0.5) is 6.01 Å². The maximum atomic E-state index is 12.4. The van der Waals surface area contributed by atoms with Crippen molar-refractivity contribution in [2.75, 3.05) is 12.4 Å². The molecule has 0 aliphatic rings. The van der Waals surface area contributed by atoms with Crippen LogP contribution in [0, 0.1) is 0 Å². The number of nitrogens with one attached hydrogen (secondary N) is 1. The molecule has 0 aliphatic carbocycles. The predicted octanol–water partition coefficient (Wildman–Crippen LogP) is 5.11. The minimum Gasteiger partial charge on any atom is -0.493 e. The monoisotopic (exact) mass is 409 g/mol.